The van der Waals surface area contributed by atoms with Gasteiger partial charge < -0.3 is 20.5 Å². The number of amides is 1. The molecule has 2 unspecified atom stereocenters. The van der Waals surface area contributed by atoms with Crippen LogP contribution in [-0.4, -0.2) is 48.4 Å². The van der Waals surface area contributed by atoms with Gasteiger partial charge >= 0.3 is 6.09 Å². The van der Waals surface area contributed by atoms with E-state index >= 15 is 0 Å². The van der Waals surface area contributed by atoms with Crippen molar-refractivity contribution in [1.82, 2.24) is 4.90 Å². The number of nitrogens with two attached hydrogens (primary N) is 1. The lowest BCUT2D eigenvalue weighted by Crippen LogP contribution is -2.47. The largest absolute Gasteiger partial charge is 0.453 e. The fourth-order valence-electron chi connectivity index (χ4n) is 2.75. The lowest BCUT2D eigenvalue weighted by atomic mass is 9.90. The zero-order valence-electron chi connectivity index (χ0n) is 9.03. The fourth-order valence-corrected chi connectivity index (χ4v) is 2.75. The van der Waals surface area contributed by atoms with Crippen molar-refractivity contribution in [2.45, 2.75) is 24.8 Å². The second-order valence-electron chi connectivity index (χ2n) is 4.77. The van der Waals surface area contributed by atoms with E-state index in [0.717, 1.165) is 25.8 Å². The molecule has 2 fully saturated rings. The molecule has 2 atom stereocenters. The number of carbonyl (C=O) groups is 1. The number of hydrogen-bond donors (Lipinski definition) is 2. The molecule has 1 spiro atoms. The third kappa shape index (κ3) is 1.50. The van der Waals surface area contributed by atoms with Crippen molar-refractivity contribution < 1.29 is 14.6 Å². The van der Waals surface area contributed by atoms with E-state index in [1.807, 2.05) is 0 Å². The summed E-state index contributed by atoms with van der Waals surface area (Å²) in [4.78, 5) is 13.1. The topological polar surface area (TPSA) is 75.8 Å². The molecule has 86 valence electrons. The van der Waals surface area contributed by atoms with Crippen LogP contribution in [0.1, 0.15) is 19.3 Å². The first-order chi connectivity index (χ1) is 7.07. The minimum atomic E-state index is -0.473. The summed E-state index contributed by atoms with van der Waals surface area (Å²) in [5.41, 5.74) is 5.50. The second kappa shape index (κ2) is 3.35. The summed E-state index contributed by atoms with van der Waals surface area (Å²) in [7, 11) is 1.39. The summed E-state index contributed by atoms with van der Waals surface area (Å²) in [6.07, 6.45) is 2.46. The Morgan fingerprint density at radius 2 is 2.40 bits per heavy atom. The number of ether oxygens (including phenoxy) is 1. The predicted octanol–water partition coefficient (Wildman–Crippen LogP) is -0.0715. The molecule has 0 aromatic carbocycles. The third-order valence-electron chi connectivity index (χ3n) is 3.88. The molecular formula is C10H18N2O3. The van der Waals surface area contributed by atoms with Crippen LogP contribution in [0.3, 0.4) is 0 Å². The summed E-state index contributed by atoms with van der Waals surface area (Å²) >= 11 is 0. The first-order valence-electron chi connectivity index (χ1n) is 5.30. The minimum absolute atomic E-state index is 0.00200. The third-order valence-corrected chi connectivity index (χ3v) is 3.88. The molecule has 2 rings (SSSR count). The molecule has 15 heavy (non-hydrogen) atoms. The SMILES string of the molecule is COC(=O)N1CCCC2(C1)CC2(N)CO. The average molecular weight is 214 g/mol. The van der Waals surface area contributed by atoms with Crippen LogP contribution in [0.4, 0.5) is 4.79 Å². The van der Waals surface area contributed by atoms with Crippen molar-refractivity contribution in [3.8, 4) is 0 Å². The number of methoxy groups -OCH3 is 1. The molecule has 1 aliphatic carbocycles. The maximum Gasteiger partial charge on any atom is 0.409 e. The summed E-state index contributed by atoms with van der Waals surface area (Å²) < 4.78 is 4.70. The smallest absolute Gasteiger partial charge is 0.409 e. The molecule has 0 aromatic rings. The van der Waals surface area contributed by atoms with E-state index in [4.69, 9.17) is 10.5 Å². The van der Waals surface area contributed by atoms with Gasteiger partial charge in [-0.25, -0.2) is 4.79 Å². The summed E-state index contributed by atoms with van der Waals surface area (Å²) in [6.45, 7) is 1.36. The number of aliphatic hydroxyl groups is 1. The first-order valence-corrected chi connectivity index (χ1v) is 5.30. The van der Waals surface area contributed by atoms with E-state index in [9.17, 15) is 9.90 Å². The Morgan fingerprint density at radius 3 is 2.93 bits per heavy atom. The van der Waals surface area contributed by atoms with E-state index in [1.165, 1.54) is 7.11 Å². The van der Waals surface area contributed by atoms with Gasteiger partial charge in [-0.05, 0) is 19.3 Å². The van der Waals surface area contributed by atoms with Crippen LogP contribution in [-0.2, 0) is 4.74 Å². The molecule has 1 saturated carbocycles. The van der Waals surface area contributed by atoms with Crippen molar-refractivity contribution in [3.63, 3.8) is 0 Å². The Morgan fingerprint density at radius 1 is 1.67 bits per heavy atom. The van der Waals surface area contributed by atoms with Gasteiger partial charge in [0.05, 0.1) is 13.7 Å². The summed E-state index contributed by atoms with van der Waals surface area (Å²) in [6, 6.07) is 0. The quantitative estimate of drug-likeness (QED) is 0.640. The maximum atomic E-state index is 11.4. The minimum Gasteiger partial charge on any atom is -0.453 e. The zero-order valence-corrected chi connectivity index (χ0v) is 9.03. The van der Waals surface area contributed by atoms with Crippen molar-refractivity contribution >= 4 is 6.09 Å². The highest BCUT2D eigenvalue weighted by Crippen LogP contribution is 2.59. The Kier molecular flexibility index (Phi) is 2.39. The van der Waals surface area contributed by atoms with Gasteiger partial charge in [0.15, 0.2) is 0 Å². The van der Waals surface area contributed by atoms with Gasteiger partial charge in [-0.3, -0.25) is 0 Å². The standard InChI is InChI=1S/C10H18N2O3/c1-15-8(14)12-4-2-3-9(6-12)5-10(9,11)7-13/h13H,2-7,11H2,1H3. The van der Waals surface area contributed by atoms with Crippen molar-refractivity contribution in [2.24, 2.45) is 11.1 Å². The van der Waals surface area contributed by atoms with Crippen molar-refractivity contribution in [2.75, 3.05) is 26.8 Å². The molecule has 5 heteroatoms. The van der Waals surface area contributed by atoms with E-state index in [-0.39, 0.29) is 18.1 Å². The van der Waals surface area contributed by atoms with Gasteiger partial charge in [-0.15, -0.1) is 0 Å². The molecule has 5 nitrogen and oxygen atoms in total. The van der Waals surface area contributed by atoms with E-state index in [0.29, 0.717) is 6.54 Å². The Labute approximate surface area is 89.2 Å². The van der Waals surface area contributed by atoms with Crippen LogP contribution in [0, 0.1) is 5.41 Å². The Hall–Kier alpha value is -0.810. The highest BCUT2D eigenvalue weighted by Gasteiger charge is 2.65. The van der Waals surface area contributed by atoms with Crippen LogP contribution < -0.4 is 5.73 Å². The van der Waals surface area contributed by atoms with Gasteiger partial charge in [0.1, 0.15) is 0 Å². The second-order valence-corrected chi connectivity index (χ2v) is 4.77. The molecule has 1 heterocycles. The molecule has 0 radical (unpaired) electrons. The van der Waals surface area contributed by atoms with Crippen LogP contribution in [0.2, 0.25) is 0 Å². The number of likely N-dealkylation sites (tertiary alicyclic amines) is 1. The molecule has 1 amide bonds. The van der Waals surface area contributed by atoms with Gasteiger partial charge in [0.25, 0.3) is 0 Å². The van der Waals surface area contributed by atoms with Crippen LogP contribution in [0.5, 0.6) is 0 Å². The fraction of sp³-hybridized carbons (Fsp3) is 0.900. The number of rotatable bonds is 1. The van der Waals surface area contributed by atoms with Gasteiger partial charge in [0, 0.05) is 24.0 Å². The lowest BCUT2D eigenvalue weighted by molar-refractivity contribution is 0.0871. The maximum absolute atomic E-state index is 11.4. The molecule has 0 aromatic heterocycles. The van der Waals surface area contributed by atoms with Gasteiger partial charge in [-0.2, -0.15) is 0 Å². The number of hydrogen-bond acceptors (Lipinski definition) is 4. The molecular weight excluding hydrogens is 196 g/mol. The zero-order chi connectivity index (χ0) is 11.1. The monoisotopic (exact) mass is 214 g/mol. The first kappa shape index (κ1) is 10.7. The molecule has 3 N–H and O–H groups in total. The number of aliphatic hydroxyl groups excluding tert-OH is 1. The van der Waals surface area contributed by atoms with Crippen LogP contribution in [0.25, 0.3) is 0 Å². The molecule has 2 aliphatic rings. The van der Waals surface area contributed by atoms with Crippen molar-refractivity contribution in [3.05, 3.63) is 0 Å². The summed E-state index contributed by atoms with van der Waals surface area (Å²) in [5, 5.41) is 9.21. The van der Waals surface area contributed by atoms with Gasteiger partial charge in [-0.1, -0.05) is 0 Å². The van der Waals surface area contributed by atoms with Gasteiger partial charge in [0.2, 0.25) is 0 Å². The predicted molar refractivity (Wildman–Crippen MR) is 54.3 cm³/mol. The van der Waals surface area contributed by atoms with E-state index in [1.54, 1.807) is 4.90 Å². The highest BCUT2D eigenvalue weighted by atomic mass is 16.5. The number of piperidine rings is 1. The molecule has 1 aliphatic heterocycles. The summed E-state index contributed by atoms with van der Waals surface area (Å²) in [5.74, 6) is 0. The highest BCUT2D eigenvalue weighted by molar-refractivity contribution is 5.67. The van der Waals surface area contributed by atoms with Crippen LogP contribution >= 0.6 is 0 Å². The Bertz CT molecular complexity index is 280. The number of nitrogens with zero attached hydrogens (tertiary/aromatic N) is 1. The lowest BCUT2D eigenvalue weighted by Gasteiger charge is -2.34. The molecule has 1 saturated heterocycles. The Balaban J connectivity index is 2.03. The van der Waals surface area contributed by atoms with E-state index < -0.39 is 5.54 Å². The van der Waals surface area contributed by atoms with Crippen LogP contribution in [0.15, 0.2) is 0 Å². The van der Waals surface area contributed by atoms with Crippen molar-refractivity contribution in [1.29, 1.82) is 0 Å². The average Bonchev–Trinajstić information content (AvgIpc) is 2.82. The number of carbonyl (C=O) groups excluding carboxylic acids is 1. The normalized spacial score (nSPS) is 39.3. The van der Waals surface area contributed by atoms with E-state index in [2.05, 4.69) is 0 Å². The molecule has 0 bridgehead atoms.